The largest absolute Gasteiger partial charge is 0.389 e. The van der Waals surface area contributed by atoms with Gasteiger partial charge in [0.05, 0.1) is 10.7 Å². The fraction of sp³-hybridized carbons (Fsp3) is 0. The normalized spacial score (nSPS) is 10.2. The molecule has 0 aliphatic heterocycles. The number of hydrogen-bond acceptors (Lipinski definition) is 2. The highest BCUT2D eigenvalue weighted by Gasteiger charge is 2.11. The average Bonchev–Trinajstić information content (AvgIpc) is 2.43. The van der Waals surface area contributed by atoms with Crippen LogP contribution < -0.4 is 11.1 Å². The molecule has 0 saturated carbocycles. The summed E-state index contributed by atoms with van der Waals surface area (Å²) >= 11 is 17.6. The molecule has 0 fully saturated rings. The first-order chi connectivity index (χ1) is 9.88. The summed E-state index contributed by atoms with van der Waals surface area (Å²) in [4.78, 5) is 12.5. The Morgan fingerprint density at radius 3 is 2.33 bits per heavy atom. The van der Waals surface area contributed by atoms with E-state index in [1.165, 1.54) is 0 Å². The third kappa shape index (κ3) is 4.03. The number of nitrogens with two attached hydrogens (primary N) is 1. The van der Waals surface area contributed by atoms with Crippen molar-refractivity contribution in [1.29, 1.82) is 0 Å². The summed E-state index contributed by atoms with van der Waals surface area (Å²) in [7, 11) is 0. The molecule has 0 aliphatic carbocycles. The van der Waals surface area contributed by atoms with E-state index in [1.54, 1.807) is 36.4 Å². The molecule has 2 aromatic carbocycles. The van der Waals surface area contributed by atoms with Crippen LogP contribution in [0.5, 0.6) is 0 Å². The summed E-state index contributed by atoms with van der Waals surface area (Å²) in [5.74, 6) is -0.256. The molecule has 3 N–H and O–H groups in total. The summed E-state index contributed by atoms with van der Waals surface area (Å²) in [5, 5.41) is 3.27. The van der Waals surface area contributed by atoms with E-state index in [1.807, 2.05) is 0 Å². The number of amides is 1. The Hall–Kier alpha value is -0.950. The molecule has 2 rings (SSSR count). The SMILES string of the molecule is NC(=S)c1ccc(NC(=O)c2ccc(Br)c(Cl)c2)c(Br)c1. The molecule has 0 aliphatic rings. The molecule has 0 bridgehead atoms. The molecule has 0 atom stereocenters. The van der Waals surface area contributed by atoms with Gasteiger partial charge in [-0.1, -0.05) is 23.8 Å². The van der Waals surface area contributed by atoms with Gasteiger partial charge < -0.3 is 11.1 Å². The van der Waals surface area contributed by atoms with Gasteiger partial charge in [0.25, 0.3) is 5.91 Å². The minimum absolute atomic E-state index is 0.256. The predicted molar refractivity (Wildman–Crippen MR) is 97.1 cm³/mol. The predicted octanol–water partition coefficient (Wildman–Crippen LogP) is 4.75. The number of benzene rings is 2. The Morgan fingerprint density at radius 2 is 1.76 bits per heavy atom. The zero-order valence-electron chi connectivity index (χ0n) is 10.5. The first kappa shape index (κ1) is 16.4. The molecule has 0 aromatic heterocycles. The molecule has 0 saturated heterocycles. The lowest BCUT2D eigenvalue weighted by atomic mass is 10.2. The highest BCUT2D eigenvalue weighted by Crippen LogP contribution is 2.26. The van der Waals surface area contributed by atoms with Gasteiger partial charge in [-0.2, -0.15) is 0 Å². The second-order valence-electron chi connectivity index (χ2n) is 4.14. The molecule has 2 aromatic rings. The first-order valence-corrected chi connectivity index (χ1v) is 8.11. The quantitative estimate of drug-likeness (QED) is 0.666. The Kier molecular flexibility index (Phi) is 5.37. The topological polar surface area (TPSA) is 55.1 Å². The van der Waals surface area contributed by atoms with Crippen LogP contribution in [0.4, 0.5) is 5.69 Å². The van der Waals surface area contributed by atoms with Gasteiger partial charge in [0.15, 0.2) is 0 Å². The molecule has 108 valence electrons. The van der Waals surface area contributed by atoms with Crippen molar-refractivity contribution in [2.45, 2.75) is 0 Å². The number of anilines is 1. The number of thiocarbonyl (C=S) groups is 1. The zero-order valence-corrected chi connectivity index (χ0v) is 15.2. The van der Waals surface area contributed by atoms with Crippen LogP contribution >= 0.6 is 55.7 Å². The van der Waals surface area contributed by atoms with Gasteiger partial charge in [-0.05, 0) is 68.3 Å². The molecule has 0 spiro atoms. The molecular weight excluding hydrogens is 439 g/mol. The Morgan fingerprint density at radius 1 is 1.10 bits per heavy atom. The van der Waals surface area contributed by atoms with Crippen LogP contribution in [0, 0.1) is 0 Å². The van der Waals surface area contributed by atoms with Gasteiger partial charge in [-0.15, -0.1) is 0 Å². The standard InChI is InChI=1S/C14H9Br2ClN2OS/c15-9-3-1-8(6-11(9)17)14(20)19-12-4-2-7(13(18)21)5-10(12)16/h1-6H,(H2,18,21)(H,19,20). The van der Waals surface area contributed by atoms with Crippen LogP contribution in [0.15, 0.2) is 45.3 Å². The number of carbonyl (C=O) groups excluding carboxylic acids is 1. The van der Waals surface area contributed by atoms with E-state index in [4.69, 9.17) is 29.6 Å². The molecule has 0 radical (unpaired) electrons. The van der Waals surface area contributed by atoms with Crippen molar-refractivity contribution in [2.75, 3.05) is 5.32 Å². The van der Waals surface area contributed by atoms with E-state index in [0.717, 1.165) is 10.0 Å². The Balaban J connectivity index is 2.23. The van der Waals surface area contributed by atoms with Gasteiger partial charge in [0.1, 0.15) is 4.99 Å². The number of carbonyl (C=O) groups is 1. The lowest BCUT2D eigenvalue weighted by Gasteiger charge is -2.09. The van der Waals surface area contributed by atoms with E-state index in [2.05, 4.69) is 37.2 Å². The van der Waals surface area contributed by atoms with Crippen LogP contribution in [-0.4, -0.2) is 10.9 Å². The summed E-state index contributed by atoms with van der Waals surface area (Å²) < 4.78 is 1.44. The highest BCUT2D eigenvalue weighted by molar-refractivity contribution is 9.11. The molecule has 21 heavy (non-hydrogen) atoms. The highest BCUT2D eigenvalue weighted by atomic mass is 79.9. The fourth-order valence-corrected chi connectivity index (χ4v) is 2.63. The van der Waals surface area contributed by atoms with Crippen molar-refractivity contribution in [1.82, 2.24) is 0 Å². The van der Waals surface area contributed by atoms with E-state index < -0.39 is 0 Å². The van der Waals surface area contributed by atoms with Gasteiger partial charge in [-0.3, -0.25) is 4.79 Å². The van der Waals surface area contributed by atoms with Gasteiger partial charge in [-0.25, -0.2) is 0 Å². The van der Waals surface area contributed by atoms with Crippen molar-refractivity contribution >= 4 is 72.3 Å². The van der Waals surface area contributed by atoms with Gasteiger partial charge >= 0.3 is 0 Å². The average molecular weight is 449 g/mol. The maximum atomic E-state index is 12.2. The second-order valence-corrected chi connectivity index (χ2v) is 6.70. The fourth-order valence-electron chi connectivity index (χ4n) is 1.60. The molecule has 7 heteroatoms. The van der Waals surface area contributed by atoms with Crippen LogP contribution in [0.1, 0.15) is 15.9 Å². The van der Waals surface area contributed by atoms with E-state index >= 15 is 0 Å². The summed E-state index contributed by atoms with van der Waals surface area (Å²) in [6, 6.07) is 10.2. The van der Waals surface area contributed by atoms with Crippen molar-refractivity contribution in [3.63, 3.8) is 0 Å². The summed E-state index contributed by atoms with van der Waals surface area (Å²) in [5.41, 5.74) is 7.37. The molecule has 0 unspecified atom stereocenters. The van der Waals surface area contributed by atoms with E-state index in [9.17, 15) is 4.79 Å². The number of rotatable bonds is 3. The minimum Gasteiger partial charge on any atom is -0.389 e. The monoisotopic (exact) mass is 446 g/mol. The van der Waals surface area contributed by atoms with E-state index in [-0.39, 0.29) is 5.91 Å². The maximum Gasteiger partial charge on any atom is 0.255 e. The first-order valence-electron chi connectivity index (χ1n) is 5.74. The van der Waals surface area contributed by atoms with Crippen molar-refractivity contribution in [3.05, 3.63) is 61.5 Å². The minimum atomic E-state index is -0.256. The van der Waals surface area contributed by atoms with Crippen molar-refractivity contribution in [3.8, 4) is 0 Å². The lowest BCUT2D eigenvalue weighted by molar-refractivity contribution is 0.102. The van der Waals surface area contributed by atoms with E-state index in [0.29, 0.717) is 25.7 Å². The zero-order chi connectivity index (χ0) is 15.6. The Bertz CT molecular complexity index is 737. The third-order valence-electron chi connectivity index (χ3n) is 2.68. The number of halogens is 3. The van der Waals surface area contributed by atoms with Crippen molar-refractivity contribution < 1.29 is 4.79 Å². The number of nitrogens with one attached hydrogen (secondary N) is 1. The summed E-state index contributed by atoms with van der Waals surface area (Å²) in [6.07, 6.45) is 0. The number of hydrogen-bond donors (Lipinski definition) is 2. The van der Waals surface area contributed by atoms with Gasteiger partial charge in [0.2, 0.25) is 0 Å². The molecule has 0 heterocycles. The maximum absolute atomic E-state index is 12.2. The van der Waals surface area contributed by atoms with Crippen LogP contribution in [0.25, 0.3) is 0 Å². The summed E-state index contributed by atoms with van der Waals surface area (Å²) in [6.45, 7) is 0. The molecule has 1 amide bonds. The lowest BCUT2D eigenvalue weighted by Crippen LogP contribution is -2.13. The van der Waals surface area contributed by atoms with Crippen LogP contribution in [-0.2, 0) is 0 Å². The van der Waals surface area contributed by atoms with Gasteiger partial charge in [0, 0.05) is 20.1 Å². The molecule has 3 nitrogen and oxygen atoms in total. The Labute approximate surface area is 149 Å². The van der Waals surface area contributed by atoms with Crippen LogP contribution in [0.3, 0.4) is 0 Å². The molecular formula is C14H9Br2ClN2OS. The second kappa shape index (κ2) is 6.87. The van der Waals surface area contributed by atoms with Crippen LogP contribution in [0.2, 0.25) is 5.02 Å². The smallest absolute Gasteiger partial charge is 0.255 e. The van der Waals surface area contributed by atoms with Crippen molar-refractivity contribution in [2.24, 2.45) is 5.73 Å². The third-order valence-corrected chi connectivity index (χ3v) is 4.81.